The third-order valence-electron chi connectivity index (χ3n) is 7.36. The molecule has 4 aliphatic rings. The molecule has 1 aromatic carbocycles. The molecule has 3 heterocycles. The summed E-state index contributed by atoms with van der Waals surface area (Å²) in [7, 11) is 0. The molecule has 2 aromatic heterocycles. The average Bonchev–Trinajstić information content (AvgIpc) is 3.60. The van der Waals surface area contributed by atoms with Crippen LogP contribution in [0, 0.1) is 39.9 Å². The van der Waals surface area contributed by atoms with Crippen LogP contribution in [0.5, 0.6) is 0 Å². The topological polar surface area (TPSA) is 98.1 Å². The van der Waals surface area contributed by atoms with Crippen LogP contribution in [0.1, 0.15) is 47.0 Å². The maximum absolute atomic E-state index is 13.6. The monoisotopic (exact) mass is 440 g/mol. The fourth-order valence-electron chi connectivity index (χ4n) is 5.79. The molecule has 0 N–H and O–H groups in total. The quantitative estimate of drug-likeness (QED) is 0.607. The lowest BCUT2D eigenvalue weighted by Gasteiger charge is -2.40. The molecule has 8 heteroatoms. The Kier molecular flexibility index (Phi) is 4.21. The van der Waals surface area contributed by atoms with Gasteiger partial charge in [0, 0.05) is 29.4 Å². The Labute approximate surface area is 189 Å². The van der Waals surface area contributed by atoms with E-state index in [1.807, 2.05) is 47.4 Å². The molecule has 7 rings (SSSR count). The van der Waals surface area contributed by atoms with Gasteiger partial charge in [0.1, 0.15) is 10.9 Å². The van der Waals surface area contributed by atoms with E-state index < -0.39 is 0 Å². The first-order valence-electron chi connectivity index (χ1n) is 10.8. The van der Waals surface area contributed by atoms with E-state index in [9.17, 15) is 4.79 Å². The number of benzene rings is 1. The minimum Gasteiger partial charge on any atom is -0.272 e. The Morgan fingerprint density at radius 2 is 2.06 bits per heavy atom. The van der Waals surface area contributed by atoms with Crippen LogP contribution in [-0.4, -0.2) is 26.9 Å². The van der Waals surface area contributed by atoms with Crippen molar-refractivity contribution in [3.05, 3.63) is 51.8 Å². The Morgan fingerprint density at radius 1 is 1.19 bits per heavy atom. The summed E-state index contributed by atoms with van der Waals surface area (Å²) in [5, 5.41) is 29.9. The van der Waals surface area contributed by atoms with Crippen molar-refractivity contribution >= 4 is 34.4 Å². The van der Waals surface area contributed by atoms with Crippen LogP contribution in [0.15, 0.2) is 41.6 Å². The average molecular weight is 441 g/mol. The van der Waals surface area contributed by atoms with Crippen LogP contribution in [0.25, 0.3) is 10.9 Å². The number of thiophene rings is 1. The van der Waals surface area contributed by atoms with Gasteiger partial charge in [-0.3, -0.25) is 9.48 Å². The predicted octanol–water partition coefficient (Wildman–Crippen LogP) is 4.22. The summed E-state index contributed by atoms with van der Waals surface area (Å²) in [6.45, 7) is 0.790. The molecule has 1 aliphatic heterocycles. The van der Waals surface area contributed by atoms with Gasteiger partial charge in [0.2, 0.25) is 5.91 Å². The van der Waals surface area contributed by atoms with Crippen molar-refractivity contribution in [2.75, 3.05) is 0 Å². The smallest absolute Gasteiger partial charge is 0.249 e. The lowest BCUT2D eigenvalue weighted by Crippen LogP contribution is -2.44. The number of amides is 1. The maximum Gasteiger partial charge on any atom is 0.249 e. The molecule has 7 nitrogen and oxygen atoms in total. The second kappa shape index (κ2) is 7.01. The van der Waals surface area contributed by atoms with Crippen LogP contribution >= 0.6 is 11.3 Å². The minimum atomic E-state index is -0.318. The van der Waals surface area contributed by atoms with E-state index >= 15 is 0 Å². The number of nitrogens with zero attached hydrogens (tertiary/aromatic N) is 6. The lowest BCUT2D eigenvalue weighted by molar-refractivity contribution is -0.148. The normalized spacial score (nSPS) is 27.9. The summed E-state index contributed by atoms with van der Waals surface area (Å²) in [6, 6.07) is 13.7. The molecule has 2 atom stereocenters. The highest BCUT2D eigenvalue weighted by molar-refractivity contribution is 7.12. The van der Waals surface area contributed by atoms with Gasteiger partial charge in [0.05, 0.1) is 34.8 Å². The van der Waals surface area contributed by atoms with Crippen molar-refractivity contribution in [1.29, 1.82) is 10.5 Å². The number of rotatable bonds is 4. The largest absolute Gasteiger partial charge is 0.272 e. The first kappa shape index (κ1) is 19.2. The Balaban J connectivity index is 1.19. The van der Waals surface area contributed by atoms with Gasteiger partial charge in [-0.1, -0.05) is 0 Å². The molecule has 3 fully saturated rings. The molecule has 3 saturated carbocycles. The van der Waals surface area contributed by atoms with Gasteiger partial charge in [-0.25, -0.2) is 5.01 Å². The van der Waals surface area contributed by atoms with Crippen LogP contribution in [0.2, 0.25) is 0 Å². The molecule has 0 spiro atoms. The number of hydrogen-bond acceptors (Lipinski definition) is 6. The summed E-state index contributed by atoms with van der Waals surface area (Å²) in [4.78, 5) is 15.3. The number of hydrazone groups is 1. The van der Waals surface area contributed by atoms with Gasteiger partial charge in [-0.05, 0) is 61.4 Å². The second-order valence-corrected chi connectivity index (χ2v) is 10.3. The van der Waals surface area contributed by atoms with Gasteiger partial charge >= 0.3 is 0 Å². The highest BCUT2D eigenvalue weighted by Crippen LogP contribution is 2.63. The number of hydrogen-bond donors (Lipinski definition) is 0. The number of fused-ring (bicyclic) bond motifs is 2. The first-order chi connectivity index (χ1) is 15.6. The molecule has 158 valence electrons. The zero-order valence-corrected chi connectivity index (χ0v) is 18.1. The third-order valence-corrected chi connectivity index (χ3v) is 8.45. The van der Waals surface area contributed by atoms with Crippen molar-refractivity contribution in [3.8, 4) is 12.1 Å². The molecular formula is C24H20N6OS. The zero-order valence-electron chi connectivity index (χ0n) is 17.3. The van der Waals surface area contributed by atoms with Crippen LogP contribution < -0.4 is 0 Å². The number of carbonyl (C=O) groups excluding carboxylic acids is 1. The standard InChI is InChI=1S/C24H20N6OS/c25-11-15-1-3-20-16(7-15)13-28-29(20)14-18-10-24(8-17(18)9-24)23(31)30-21(5-6-27-30)22-4-2-19(12-26)32-22/h1-4,6-7,13,17-18,21H,5,8-10,14H2/t17?,18-,21?,24?/m0/s1. The van der Waals surface area contributed by atoms with Gasteiger partial charge < -0.3 is 0 Å². The van der Waals surface area contributed by atoms with E-state index in [0.717, 1.165) is 41.6 Å². The van der Waals surface area contributed by atoms with Crippen molar-refractivity contribution in [2.45, 2.75) is 38.3 Å². The minimum absolute atomic E-state index is 0.0912. The first-order valence-corrected chi connectivity index (χ1v) is 11.6. The van der Waals surface area contributed by atoms with Crippen LogP contribution in [0.3, 0.4) is 0 Å². The van der Waals surface area contributed by atoms with Gasteiger partial charge in [-0.15, -0.1) is 11.3 Å². The zero-order chi connectivity index (χ0) is 21.9. The summed E-state index contributed by atoms with van der Waals surface area (Å²) < 4.78 is 2.02. The Hall–Kier alpha value is -3.49. The van der Waals surface area contributed by atoms with E-state index in [4.69, 9.17) is 10.5 Å². The van der Waals surface area contributed by atoms with E-state index in [-0.39, 0.29) is 17.4 Å². The molecule has 1 amide bonds. The fraction of sp³-hybridized carbons (Fsp3) is 0.375. The molecule has 0 saturated heterocycles. The number of aromatic nitrogens is 2. The number of carbonyl (C=O) groups is 1. The van der Waals surface area contributed by atoms with Crippen LogP contribution in [-0.2, 0) is 11.3 Å². The predicted molar refractivity (Wildman–Crippen MR) is 119 cm³/mol. The summed E-state index contributed by atoms with van der Waals surface area (Å²) in [5.74, 6) is 1.08. The molecular weight excluding hydrogens is 420 g/mol. The van der Waals surface area contributed by atoms with Crippen molar-refractivity contribution in [2.24, 2.45) is 22.4 Å². The van der Waals surface area contributed by atoms with Gasteiger partial charge in [0.25, 0.3) is 0 Å². The lowest BCUT2D eigenvalue weighted by atomic mass is 9.68. The molecule has 1 unspecified atom stereocenters. The maximum atomic E-state index is 13.6. The summed E-state index contributed by atoms with van der Waals surface area (Å²) in [6.07, 6.45) is 7.03. The van der Waals surface area contributed by atoms with Crippen LogP contribution in [0.4, 0.5) is 0 Å². The van der Waals surface area contributed by atoms with Crippen molar-refractivity contribution in [1.82, 2.24) is 14.8 Å². The number of nitriles is 2. The van der Waals surface area contributed by atoms with E-state index in [0.29, 0.717) is 28.7 Å². The highest BCUT2D eigenvalue weighted by atomic mass is 32.1. The molecule has 0 radical (unpaired) electrons. The van der Waals surface area contributed by atoms with E-state index in [1.165, 1.54) is 11.3 Å². The van der Waals surface area contributed by atoms with Crippen molar-refractivity contribution in [3.63, 3.8) is 0 Å². The third kappa shape index (κ3) is 2.80. The SMILES string of the molecule is N#Cc1ccc2c(cnn2C[C@@H]2CC3(C(=O)N4N=CCC4c4ccc(C#N)s4)CC2C3)c1. The summed E-state index contributed by atoms with van der Waals surface area (Å²) >= 11 is 1.45. The summed E-state index contributed by atoms with van der Waals surface area (Å²) in [5.41, 5.74) is 1.35. The Morgan fingerprint density at radius 3 is 2.84 bits per heavy atom. The van der Waals surface area contributed by atoms with Gasteiger partial charge in [-0.2, -0.15) is 20.7 Å². The van der Waals surface area contributed by atoms with E-state index in [1.54, 1.807) is 5.01 Å². The molecule has 3 aromatic rings. The molecule has 2 bridgehead atoms. The van der Waals surface area contributed by atoms with Gasteiger partial charge in [0.15, 0.2) is 0 Å². The Bertz CT molecular complexity index is 1350. The van der Waals surface area contributed by atoms with Crippen molar-refractivity contribution < 1.29 is 4.79 Å². The highest BCUT2D eigenvalue weighted by Gasteiger charge is 2.62. The molecule has 32 heavy (non-hydrogen) atoms. The van der Waals surface area contributed by atoms with E-state index in [2.05, 4.69) is 22.3 Å². The fourth-order valence-corrected chi connectivity index (χ4v) is 6.70. The second-order valence-electron chi connectivity index (χ2n) is 9.14. The molecule has 3 aliphatic carbocycles.